The molecule has 0 aliphatic carbocycles. The lowest BCUT2D eigenvalue weighted by atomic mass is 10.0. The summed E-state index contributed by atoms with van der Waals surface area (Å²) in [6, 6.07) is 11.8. The zero-order valence-corrected chi connectivity index (χ0v) is 15.1. The second kappa shape index (κ2) is 7.88. The molecule has 0 radical (unpaired) electrons. The molecule has 3 aromatic rings. The molecule has 0 aliphatic rings. The summed E-state index contributed by atoms with van der Waals surface area (Å²) in [5, 5.41) is 6.49. The highest BCUT2D eigenvalue weighted by Gasteiger charge is 2.15. The van der Waals surface area contributed by atoms with E-state index in [9.17, 15) is 4.79 Å². The van der Waals surface area contributed by atoms with Crippen molar-refractivity contribution >= 4 is 5.91 Å². The van der Waals surface area contributed by atoms with Crippen molar-refractivity contribution in [2.24, 2.45) is 0 Å². The summed E-state index contributed by atoms with van der Waals surface area (Å²) in [6.07, 6.45) is 1.61. The molecule has 0 atom stereocenters. The lowest BCUT2D eigenvalue weighted by Crippen LogP contribution is -2.24. The van der Waals surface area contributed by atoms with Crippen LogP contribution in [-0.2, 0) is 13.1 Å². The SMILES string of the molecule is Cc1noc(CNC(=O)c2ncccc2-c2cccc(CN(C)C)c2)n1. The van der Waals surface area contributed by atoms with Gasteiger partial charge < -0.3 is 14.7 Å². The van der Waals surface area contributed by atoms with Crippen LogP contribution in [0.4, 0.5) is 0 Å². The van der Waals surface area contributed by atoms with Gasteiger partial charge in [0.2, 0.25) is 5.89 Å². The topological polar surface area (TPSA) is 84.2 Å². The molecule has 134 valence electrons. The van der Waals surface area contributed by atoms with E-state index in [1.807, 2.05) is 38.4 Å². The van der Waals surface area contributed by atoms with Gasteiger partial charge in [-0.3, -0.25) is 9.78 Å². The van der Waals surface area contributed by atoms with Crippen molar-refractivity contribution in [2.75, 3.05) is 14.1 Å². The summed E-state index contributed by atoms with van der Waals surface area (Å²) in [4.78, 5) is 23.1. The van der Waals surface area contributed by atoms with Crippen LogP contribution in [0.3, 0.4) is 0 Å². The molecule has 0 aliphatic heterocycles. The minimum atomic E-state index is -0.283. The van der Waals surface area contributed by atoms with E-state index in [1.54, 1.807) is 13.1 Å². The van der Waals surface area contributed by atoms with Gasteiger partial charge in [-0.15, -0.1) is 0 Å². The van der Waals surface area contributed by atoms with Crippen molar-refractivity contribution in [1.29, 1.82) is 0 Å². The Morgan fingerprint density at radius 1 is 1.23 bits per heavy atom. The fourth-order valence-electron chi connectivity index (χ4n) is 2.67. The minimum absolute atomic E-state index is 0.163. The van der Waals surface area contributed by atoms with Gasteiger partial charge in [-0.2, -0.15) is 4.98 Å². The smallest absolute Gasteiger partial charge is 0.270 e. The Morgan fingerprint density at radius 2 is 2.08 bits per heavy atom. The zero-order chi connectivity index (χ0) is 18.5. The molecular formula is C19H21N5O2. The molecule has 2 heterocycles. The maximum atomic E-state index is 12.6. The number of hydrogen-bond donors (Lipinski definition) is 1. The normalized spacial score (nSPS) is 10.9. The van der Waals surface area contributed by atoms with Gasteiger partial charge in [0.25, 0.3) is 5.91 Å². The number of nitrogens with one attached hydrogen (secondary N) is 1. The number of nitrogens with zero attached hydrogens (tertiary/aromatic N) is 4. The van der Waals surface area contributed by atoms with E-state index in [1.165, 1.54) is 5.56 Å². The van der Waals surface area contributed by atoms with Crippen molar-refractivity contribution in [3.05, 3.63) is 65.6 Å². The van der Waals surface area contributed by atoms with E-state index in [4.69, 9.17) is 4.52 Å². The summed E-state index contributed by atoms with van der Waals surface area (Å²) >= 11 is 0. The van der Waals surface area contributed by atoms with Gasteiger partial charge in [0.05, 0.1) is 6.54 Å². The van der Waals surface area contributed by atoms with E-state index in [2.05, 4.69) is 37.5 Å². The van der Waals surface area contributed by atoms with Gasteiger partial charge in [-0.1, -0.05) is 29.4 Å². The van der Waals surface area contributed by atoms with E-state index < -0.39 is 0 Å². The van der Waals surface area contributed by atoms with E-state index >= 15 is 0 Å². The van der Waals surface area contributed by atoms with Crippen LogP contribution in [0.25, 0.3) is 11.1 Å². The third kappa shape index (κ3) is 4.31. The Morgan fingerprint density at radius 3 is 2.81 bits per heavy atom. The Balaban J connectivity index is 1.82. The predicted octanol–water partition coefficient (Wildman–Crippen LogP) is 2.43. The third-order valence-corrected chi connectivity index (χ3v) is 3.73. The number of carbonyl (C=O) groups is 1. The molecule has 7 nitrogen and oxygen atoms in total. The number of benzene rings is 1. The lowest BCUT2D eigenvalue weighted by Gasteiger charge is -2.12. The Bertz CT molecular complexity index is 904. The summed E-state index contributed by atoms with van der Waals surface area (Å²) in [7, 11) is 4.05. The number of hydrogen-bond acceptors (Lipinski definition) is 6. The molecule has 1 amide bonds. The van der Waals surface area contributed by atoms with Crippen molar-refractivity contribution in [3.8, 4) is 11.1 Å². The molecule has 0 saturated carbocycles. The largest absolute Gasteiger partial charge is 0.342 e. The average Bonchev–Trinajstić information content (AvgIpc) is 3.05. The van der Waals surface area contributed by atoms with E-state index in [-0.39, 0.29) is 12.5 Å². The zero-order valence-electron chi connectivity index (χ0n) is 15.1. The van der Waals surface area contributed by atoms with Crippen molar-refractivity contribution in [2.45, 2.75) is 20.0 Å². The summed E-state index contributed by atoms with van der Waals surface area (Å²) in [6.45, 7) is 2.72. The molecule has 0 unspecified atom stereocenters. The number of rotatable bonds is 6. The Hall–Kier alpha value is -3.06. The molecule has 1 N–H and O–H groups in total. The number of amides is 1. The van der Waals surface area contributed by atoms with Crippen LogP contribution >= 0.6 is 0 Å². The molecule has 1 aromatic carbocycles. The van der Waals surface area contributed by atoms with Gasteiger partial charge in [-0.25, -0.2) is 0 Å². The maximum absolute atomic E-state index is 12.6. The van der Waals surface area contributed by atoms with Crippen molar-refractivity contribution in [1.82, 2.24) is 25.3 Å². The molecule has 26 heavy (non-hydrogen) atoms. The van der Waals surface area contributed by atoms with Gasteiger partial charge in [0.1, 0.15) is 5.69 Å². The second-order valence-corrected chi connectivity index (χ2v) is 6.26. The lowest BCUT2D eigenvalue weighted by molar-refractivity contribution is 0.0942. The molecule has 2 aromatic heterocycles. The highest BCUT2D eigenvalue weighted by molar-refractivity contribution is 5.98. The molecule has 3 rings (SSSR count). The van der Waals surface area contributed by atoms with Crippen LogP contribution in [0.1, 0.15) is 27.8 Å². The van der Waals surface area contributed by atoms with E-state index in [0.717, 1.165) is 17.7 Å². The number of aromatic nitrogens is 3. The first-order valence-electron chi connectivity index (χ1n) is 8.29. The first-order valence-corrected chi connectivity index (χ1v) is 8.29. The molecule has 0 fully saturated rings. The van der Waals surface area contributed by atoms with Gasteiger partial charge in [0.15, 0.2) is 5.82 Å². The fraction of sp³-hybridized carbons (Fsp3) is 0.263. The Labute approximate surface area is 152 Å². The second-order valence-electron chi connectivity index (χ2n) is 6.26. The first kappa shape index (κ1) is 17.8. The molecule has 0 bridgehead atoms. The van der Waals surface area contributed by atoms with Crippen LogP contribution < -0.4 is 5.32 Å². The third-order valence-electron chi connectivity index (χ3n) is 3.73. The number of aryl methyl sites for hydroxylation is 1. The summed E-state index contributed by atoms with van der Waals surface area (Å²) in [5.74, 6) is 0.612. The average molecular weight is 351 g/mol. The molecule has 0 spiro atoms. The highest BCUT2D eigenvalue weighted by atomic mass is 16.5. The molecular weight excluding hydrogens is 330 g/mol. The summed E-state index contributed by atoms with van der Waals surface area (Å²) in [5.41, 5.74) is 3.28. The van der Waals surface area contributed by atoms with Gasteiger partial charge in [-0.05, 0) is 44.3 Å². The monoisotopic (exact) mass is 351 g/mol. The van der Waals surface area contributed by atoms with Gasteiger partial charge >= 0.3 is 0 Å². The van der Waals surface area contributed by atoms with Crippen LogP contribution in [0.5, 0.6) is 0 Å². The van der Waals surface area contributed by atoms with Crippen LogP contribution in [0, 0.1) is 6.92 Å². The molecule has 0 saturated heterocycles. The standard InChI is InChI=1S/C19H21N5O2/c1-13-22-17(26-23-13)11-21-19(25)18-16(8-5-9-20-18)15-7-4-6-14(10-15)12-24(2)3/h4-10H,11-12H2,1-3H3,(H,21,25). The Kier molecular flexibility index (Phi) is 5.38. The van der Waals surface area contributed by atoms with Crippen molar-refractivity contribution < 1.29 is 9.32 Å². The van der Waals surface area contributed by atoms with Crippen LogP contribution in [0.2, 0.25) is 0 Å². The minimum Gasteiger partial charge on any atom is -0.342 e. The first-order chi connectivity index (χ1) is 12.5. The molecule has 7 heteroatoms. The van der Waals surface area contributed by atoms with Crippen molar-refractivity contribution in [3.63, 3.8) is 0 Å². The maximum Gasteiger partial charge on any atom is 0.270 e. The van der Waals surface area contributed by atoms with E-state index in [0.29, 0.717) is 17.4 Å². The quantitative estimate of drug-likeness (QED) is 0.734. The summed E-state index contributed by atoms with van der Waals surface area (Å²) < 4.78 is 5.02. The van der Waals surface area contributed by atoms with Crippen LogP contribution in [-0.4, -0.2) is 40.0 Å². The van der Waals surface area contributed by atoms with Crippen LogP contribution in [0.15, 0.2) is 47.1 Å². The number of carbonyl (C=O) groups excluding carboxylic acids is 1. The predicted molar refractivity (Wildman–Crippen MR) is 97.3 cm³/mol. The fourth-order valence-corrected chi connectivity index (χ4v) is 2.67. The van der Waals surface area contributed by atoms with Gasteiger partial charge in [0, 0.05) is 18.3 Å². The number of pyridine rings is 1. The highest BCUT2D eigenvalue weighted by Crippen LogP contribution is 2.23.